The Morgan fingerprint density at radius 2 is 2.00 bits per heavy atom. The number of anilines is 1. The highest BCUT2D eigenvalue weighted by molar-refractivity contribution is 9.10. The van der Waals surface area contributed by atoms with Gasteiger partial charge in [0.15, 0.2) is 0 Å². The van der Waals surface area contributed by atoms with Crippen LogP contribution in [0.4, 0.5) is 5.95 Å². The van der Waals surface area contributed by atoms with Gasteiger partial charge >= 0.3 is 0 Å². The Kier molecular flexibility index (Phi) is 3.38. The molecule has 1 amide bonds. The van der Waals surface area contributed by atoms with Crippen LogP contribution in [0.1, 0.15) is 45.4 Å². The zero-order valence-electron chi connectivity index (χ0n) is 14.6. The largest absolute Gasteiger partial charge is 0.310 e. The molecular formula is C20H24BrN3O. The lowest BCUT2D eigenvalue weighted by molar-refractivity contribution is -0.138. The van der Waals surface area contributed by atoms with E-state index in [1.54, 1.807) is 0 Å². The van der Waals surface area contributed by atoms with Gasteiger partial charge in [0, 0.05) is 10.9 Å². The second kappa shape index (κ2) is 5.32. The summed E-state index contributed by atoms with van der Waals surface area (Å²) < 4.78 is 2.30. The molecule has 1 aromatic heterocycles. The van der Waals surface area contributed by atoms with Crippen LogP contribution in [0, 0.1) is 17.3 Å². The number of para-hydroxylation sites is 2. The summed E-state index contributed by atoms with van der Waals surface area (Å²) in [7, 11) is 0. The highest BCUT2D eigenvalue weighted by atomic mass is 79.9. The van der Waals surface area contributed by atoms with Crippen LogP contribution in [0.3, 0.4) is 0 Å². The summed E-state index contributed by atoms with van der Waals surface area (Å²) in [5.41, 5.74) is 1.83. The second-order valence-corrected chi connectivity index (χ2v) is 10.2. The molecule has 1 N–H and O–H groups in total. The van der Waals surface area contributed by atoms with Crippen LogP contribution >= 0.6 is 15.9 Å². The summed E-state index contributed by atoms with van der Waals surface area (Å²) in [6.45, 7) is 2.90. The lowest BCUT2D eigenvalue weighted by Gasteiger charge is -2.59. The maximum absolute atomic E-state index is 13.4. The van der Waals surface area contributed by atoms with Crippen molar-refractivity contribution in [1.82, 2.24) is 9.55 Å². The Morgan fingerprint density at radius 1 is 1.28 bits per heavy atom. The first-order valence-corrected chi connectivity index (χ1v) is 10.3. The molecule has 2 unspecified atom stereocenters. The predicted molar refractivity (Wildman–Crippen MR) is 103 cm³/mol. The van der Waals surface area contributed by atoms with E-state index in [1.807, 2.05) is 18.2 Å². The van der Waals surface area contributed by atoms with E-state index >= 15 is 0 Å². The third kappa shape index (κ3) is 2.38. The monoisotopic (exact) mass is 401 g/mol. The fraction of sp³-hybridized carbons (Fsp3) is 0.600. The number of aryl methyl sites for hydroxylation is 1. The number of hydrogen-bond acceptors (Lipinski definition) is 2. The molecule has 1 aromatic carbocycles. The molecule has 1 heterocycles. The van der Waals surface area contributed by atoms with Crippen LogP contribution in [0.2, 0.25) is 0 Å². The SMILES string of the molecule is CCn1c(NC(=O)C23CC4CC(CC(Br)(C4)C2)C3)nc2ccccc21. The van der Waals surface area contributed by atoms with Crippen molar-refractivity contribution < 1.29 is 4.79 Å². The molecule has 2 aromatic rings. The Morgan fingerprint density at radius 3 is 2.68 bits per heavy atom. The van der Waals surface area contributed by atoms with Gasteiger partial charge in [-0.15, -0.1) is 0 Å². The van der Waals surface area contributed by atoms with Crippen LogP contribution in [0.5, 0.6) is 0 Å². The van der Waals surface area contributed by atoms with Gasteiger partial charge in [0.2, 0.25) is 11.9 Å². The van der Waals surface area contributed by atoms with Crippen molar-refractivity contribution in [3.8, 4) is 0 Å². The van der Waals surface area contributed by atoms with E-state index in [0.29, 0.717) is 17.8 Å². The van der Waals surface area contributed by atoms with Crippen molar-refractivity contribution in [2.24, 2.45) is 17.3 Å². The summed E-state index contributed by atoms with van der Waals surface area (Å²) in [4.78, 5) is 18.1. The molecule has 4 saturated carbocycles. The molecule has 0 aliphatic heterocycles. The number of carbonyl (C=O) groups excluding carboxylic acids is 1. The third-order valence-electron chi connectivity index (χ3n) is 6.67. The molecule has 5 heteroatoms. The number of hydrogen-bond donors (Lipinski definition) is 1. The van der Waals surface area contributed by atoms with Crippen LogP contribution in [-0.4, -0.2) is 19.8 Å². The van der Waals surface area contributed by atoms with Crippen molar-refractivity contribution in [3.63, 3.8) is 0 Å². The van der Waals surface area contributed by atoms with Gasteiger partial charge in [0.25, 0.3) is 0 Å². The zero-order valence-corrected chi connectivity index (χ0v) is 16.2. The molecule has 4 bridgehead atoms. The molecule has 4 nitrogen and oxygen atoms in total. The van der Waals surface area contributed by atoms with Gasteiger partial charge in [-0.2, -0.15) is 0 Å². The molecule has 4 aliphatic rings. The Labute approximate surface area is 156 Å². The number of imidazole rings is 1. The van der Waals surface area contributed by atoms with Crippen molar-refractivity contribution in [2.45, 2.75) is 56.3 Å². The molecule has 4 fully saturated rings. The standard InChI is InChI=1S/C20H24BrN3O/c1-2-24-16-6-4-3-5-15(16)22-18(24)23-17(25)19-8-13-7-14(9-19)11-20(21,10-13)12-19/h3-6,13-14H,2,7-12H2,1H3,(H,22,23,25). The minimum Gasteiger partial charge on any atom is -0.310 e. The molecule has 4 aliphatic carbocycles. The molecule has 2 atom stereocenters. The lowest BCUT2D eigenvalue weighted by Crippen LogP contribution is -2.57. The van der Waals surface area contributed by atoms with Crippen molar-refractivity contribution >= 4 is 38.8 Å². The topological polar surface area (TPSA) is 46.9 Å². The molecule has 25 heavy (non-hydrogen) atoms. The number of nitrogens with zero attached hydrogens (tertiary/aromatic N) is 2. The number of halogens is 1. The van der Waals surface area contributed by atoms with Gasteiger partial charge < -0.3 is 4.57 Å². The van der Waals surface area contributed by atoms with E-state index in [0.717, 1.165) is 36.8 Å². The summed E-state index contributed by atoms with van der Waals surface area (Å²) >= 11 is 4.00. The molecule has 0 radical (unpaired) electrons. The fourth-order valence-electron chi connectivity index (χ4n) is 6.14. The quantitative estimate of drug-likeness (QED) is 0.755. The number of benzene rings is 1. The maximum Gasteiger partial charge on any atom is 0.232 e. The first-order chi connectivity index (χ1) is 12.0. The summed E-state index contributed by atoms with van der Waals surface area (Å²) in [5.74, 6) is 2.30. The van der Waals surface area contributed by atoms with Gasteiger partial charge in [0.1, 0.15) is 0 Å². The molecule has 0 spiro atoms. The van der Waals surface area contributed by atoms with E-state index in [1.165, 1.54) is 19.3 Å². The first-order valence-electron chi connectivity index (χ1n) is 9.46. The zero-order chi connectivity index (χ0) is 17.2. The number of aromatic nitrogens is 2. The molecule has 132 valence electrons. The van der Waals surface area contributed by atoms with Crippen molar-refractivity contribution in [1.29, 1.82) is 0 Å². The number of nitrogens with one attached hydrogen (secondary N) is 1. The number of amides is 1. The van der Waals surface area contributed by atoms with Crippen LogP contribution in [0.15, 0.2) is 24.3 Å². The Bertz CT molecular complexity index is 844. The third-order valence-corrected chi connectivity index (χ3v) is 7.60. The summed E-state index contributed by atoms with van der Waals surface area (Å²) in [5, 5.41) is 3.22. The van der Waals surface area contributed by atoms with E-state index < -0.39 is 0 Å². The van der Waals surface area contributed by atoms with Gasteiger partial charge in [-0.3, -0.25) is 10.1 Å². The van der Waals surface area contributed by atoms with Gasteiger partial charge in [0.05, 0.1) is 16.4 Å². The van der Waals surface area contributed by atoms with Crippen LogP contribution < -0.4 is 5.32 Å². The number of alkyl halides is 1. The summed E-state index contributed by atoms with van der Waals surface area (Å²) in [6.07, 6.45) is 6.88. The lowest BCUT2D eigenvalue weighted by atomic mass is 9.49. The van der Waals surface area contributed by atoms with E-state index in [9.17, 15) is 4.79 Å². The molecule has 6 rings (SSSR count). The molecular weight excluding hydrogens is 378 g/mol. The minimum absolute atomic E-state index is 0.190. The first kappa shape index (κ1) is 15.9. The normalized spacial score (nSPS) is 36.1. The summed E-state index contributed by atoms with van der Waals surface area (Å²) in [6, 6.07) is 8.10. The average molecular weight is 402 g/mol. The van der Waals surface area contributed by atoms with E-state index in [2.05, 4.69) is 43.8 Å². The van der Waals surface area contributed by atoms with E-state index in [4.69, 9.17) is 0 Å². The highest BCUT2D eigenvalue weighted by Crippen LogP contribution is 2.64. The Hall–Kier alpha value is -1.36. The maximum atomic E-state index is 13.4. The van der Waals surface area contributed by atoms with Crippen molar-refractivity contribution in [2.75, 3.05) is 5.32 Å². The second-order valence-electron chi connectivity index (χ2n) is 8.51. The average Bonchev–Trinajstić information content (AvgIpc) is 2.89. The number of rotatable bonds is 3. The van der Waals surface area contributed by atoms with Crippen molar-refractivity contribution in [3.05, 3.63) is 24.3 Å². The Balaban J connectivity index is 1.48. The number of carbonyl (C=O) groups is 1. The van der Waals surface area contributed by atoms with Crippen LogP contribution in [0.25, 0.3) is 11.0 Å². The fourth-order valence-corrected chi connectivity index (χ4v) is 7.59. The van der Waals surface area contributed by atoms with Gasteiger partial charge in [-0.25, -0.2) is 4.98 Å². The van der Waals surface area contributed by atoms with Gasteiger partial charge in [-0.1, -0.05) is 28.1 Å². The van der Waals surface area contributed by atoms with E-state index in [-0.39, 0.29) is 15.6 Å². The highest BCUT2D eigenvalue weighted by Gasteiger charge is 2.59. The number of fused-ring (bicyclic) bond motifs is 1. The smallest absolute Gasteiger partial charge is 0.232 e. The van der Waals surface area contributed by atoms with Gasteiger partial charge in [-0.05, 0) is 69.4 Å². The molecule has 0 saturated heterocycles. The predicted octanol–water partition coefficient (Wildman–Crippen LogP) is 4.73. The minimum atomic E-state index is -0.204. The van der Waals surface area contributed by atoms with Crippen LogP contribution in [-0.2, 0) is 11.3 Å².